The van der Waals surface area contributed by atoms with Gasteiger partial charge in [0.25, 0.3) is 11.8 Å². The molecule has 0 bridgehead atoms. The molecule has 0 radical (unpaired) electrons. The Labute approximate surface area is 232 Å². The third kappa shape index (κ3) is 6.10. The first-order chi connectivity index (χ1) is 19.4. The van der Waals surface area contributed by atoms with E-state index in [0.29, 0.717) is 36.0 Å². The summed E-state index contributed by atoms with van der Waals surface area (Å²) in [6, 6.07) is 28.7. The molecular formula is C33H28N2O5. The summed E-state index contributed by atoms with van der Waals surface area (Å²) in [6.07, 6.45) is 1.46. The molecule has 0 aromatic heterocycles. The highest BCUT2D eigenvalue weighted by Crippen LogP contribution is 2.25. The van der Waals surface area contributed by atoms with E-state index in [1.165, 1.54) is 17.2 Å². The molecule has 1 heterocycles. The second-order valence-electron chi connectivity index (χ2n) is 9.50. The number of barbiturate groups is 1. The van der Waals surface area contributed by atoms with Gasteiger partial charge in [-0.3, -0.25) is 14.9 Å². The Morgan fingerprint density at radius 1 is 0.700 bits per heavy atom. The van der Waals surface area contributed by atoms with Crippen molar-refractivity contribution in [3.8, 4) is 11.5 Å². The molecule has 1 saturated heterocycles. The van der Waals surface area contributed by atoms with Gasteiger partial charge in [-0.15, -0.1) is 0 Å². The van der Waals surface area contributed by atoms with Gasteiger partial charge in [-0.05, 0) is 84.1 Å². The van der Waals surface area contributed by atoms with Crippen molar-refractivity contribution in [2.24, 2.45) is 0 Å². The van der Waals surface area contributed by atoms with Crippen molar-refractivity contribution in [1.29, 1.82) is 0 Å². The normalized spacial score (nSPS) is 14.3. The summed E-state index contributed by atoms with van der Waals surface area (Å²) in [5, 5.41) is 2.25. The van der Waals surface area contributed by atoms with Crippen LogP contribution in [0.4, 0.5) is 10.5 Å². The van der Waals surface area contributed by atoms with Crippen LogP contribution in [0.1, 0.15) is 27.8 Å². The highest BCUT2D eigenvalue weighted by Gasteiger charge is 2.36. The number of amides is 4. The first kappa shape index (κ1) is 26.4. The van der Waals surface area contributed by atoms with Crippen molar-refractivity contribution in [2.45, 2.75) is 27.1 Å². The van der Waals surface area contributed by atoms with E-state index in [1.54, 1.807) is 48.5 Å². The number of ether oxygens (including phenoxy) is 2. The molecule has 1 aliphatic rings. The Morgan fingerprint density at radius 3 is 1.98 bits per heavy atom. The molecule has 0 unspecified atom stereocenters. The van der Waals surface area contributed by atoms with Crippen LogP contribution in [0.3, 0.4) is 0 Å². The van der Waals surface area contributed by atoms with Gasteiger partial charge in [0.15, 0.2) is 0 Å². The number of nitrogens with one attached hydrogen (secondary N) is 1. The molecule has 1 N–H and O–H groups in total. The molecule has 0 saturated carbocycles. The highest BCUT2D eigenvalue weighted by atomic mass is 16.5. The third-order valence-corrected chi connectivity index (χ3v) is 6.61. The zero-order valence-electron chi connectivity index (χ0n) is 22.2. The molecular weight excluding hydrogens is 504 g/mol. The molecule has 7 heteroatoms. The lowest BCUT2D eigenvalue weighted by molar-refractivity contribution is -0.122. The topological polar surface area (TPSA) is 84.9 Å². The monoisotopic (exact) mass is 532 g/mol. The molecule has 4 aromatic rings. The van der Waals surface area contributed by atoms with E-state index in [4.69, 9.17) is 9.47 Å². The van der Waals surface area contributed by atoms with Crippen LogP contribution in [-0.4, -0.2) is 17.8 Å². The van der Waals surface area contributed by atoms with Gasteiger partial charge in [0.1, 0.15) is 30.3 Å². The van der Waals surface area contributed by atoms with Crippen molar-refractivity contribution in [2.75, 3.05) is 4.90 Å². The fourth-order valence-electron chi connectivity index (χ4n) is 4.21. The lowest BCUT2D eigenvalue weighted by Gasteiger charge is -2.26. The molecule has 0 atom stereocenters. The zero-order valence-corrected chi connectivity index (χ0v) is 22.2. The summed E-state index contributed by atoms with van der Waals surface area (Å²) in [7, 11) is 0. The zero-order chi connectivity index (χ0) is 28.1. The minimum absolute atomic E-state index is 0.146. The number of carbonyl (C=O) groups is 3. The highest BCUT2D eigenvalue weighted by molar-refractivity contribution is 6.39. The van der Waals surface area contributed by atoms with Gasteiger partial charge in [-0.1, -0.05) is 60.7 Å². The number of carbonyl (C=O) groups excluding carboxylic acids is 3. The lowest BCUT2D eigenvalue weighted by atomic mass is 10.1. The molecule has 1 fully saturated rings. The summed E-state index contributed by atoms with van der Waals surface area (Å²) in [5.41, 5.74) is 5.32. The van der Waals surface area contributed by atoms with Crippen LogP contribution in [-0.2, 0) is 22.8 Å². The maximum Gasteiger partial charge on any atom is 0.335 e. The fourth-order valence-corrected chi connectivity index (χ4v) is 4.21. The van der Waals surface area contributed by atoms with E-state index in [-0.39, 0.29) is 5.57 Å². The number of hydrogen-bond donors (Lipinski definition) is 1. The van der Waals surface area contributed by atoms with Crippen LogP contribution < -0.4 is 19.7 Å². The number of hydrogen-bond acceptors (Lipinski definition) is 5. The molecule has 4 aromatic carbocycles. The van der Waals surface area contributed by atoms with Gasteiger partial charge in [-0.2, -0.15) is 0 Å². The minimum atomic E-state index is -0.805. The number of aryl methyl sites for hydroxylation is 2. The van der Waals surface area contributed by atoms with Crippen molar-refractivity contribution in [3.63, 3.8) is 0 Å². The second kappa shape index (κ2) is 11.7. The van der Waals surface area contributed by atoms with Crippen LogP contribution in [0, 0.1) is 13.8 Å². The summed E-state index contributed by atoms with van der Waals surface area (Å²) in [6.45, 7) is 4.95. The van der Waals surface area contributed by atoms with E-state index in [9.17, 15) is 14.4 Å². The maximum absolute atomic E-state index is 13.2. The molecule has 0 spiro atoms. The number of rotatable bonds is 8. The van der Waals surface area contributed by atoms with E-state index < -0.39 is 17.8 Å². The summed E-state index contributed by atoms with van der Waals surface area (Å²) in [5.74, 6) is -0.207. The Morgan fingerprint density at radius 2 is 1.32 bits per heavy atom. The SMILES string of the molecule is Cc1ccc(COc2ccc(/C=C3\C(=O)NC(=O)N(c4ccc(OCc5ccccc5)cc4)C3=O)cc2)cc1C. The number of imide groups is 2. The largest absolute Gasteiger partial charge is 0.489 e. The summed E-state index contributed by atoms with van der Waals surface area (Å²) >= 11 is 0. The molecule has 5 rings (SSSR count). The van der Waals surface area contributed by atoms with E-state index >= 15 is 0 Å². The van der Waals surface area contributed by atoms with Gasteiger partial charge in [0.05, 0.1) is 5.69 Å². The van der Waals surface area contributed by atoms with Crippen LogP contribution in [0.15, 0.2) is 103 Å². The van der Waals surface area contributed by atoms with Crippen molar-refractivity contribution in [3.05, 3.63) is 130 Å². The smallest absolute Gasteiger partial charge is 0.335 e. The quantitative estimate of drug-likeness (QED) is 0.218. The Bertz CT molecular complexity index is 1580. The maximum atomic E-state index is 13.2. The van der Waals surface area contributed by atoms with E-state index in [1.807, 2.05) is 36.4 Å². The fraction of sp³-hybridized carbons (Fsp3) is 0.121. The van der Waals surface area contributed by atoms with Crippen LogP contribution >= 0.6 is 0 Å². The van der Waals surface area contributed by atoms with E-state index in [0.717, 1.165) is 16.0 Å². The standard InChI is InChI=1S/C33H28N2O5/c1-22-8-9-26(18-23(22)2)21-40-28-14-10-24(11-15-28)19-30-31(36)34-33(38)35(32(30)37)27-12-16-29(17-13-27)39-20-25-6-4-3-5-7-25/h3-19H,20-21H2,1-2H3,(H,34,36,38)/b30-19+. The number of urea groups is 1. The van der Waals surface area contributed by atoms with Gasteiger partial charge < -0.3 is 9.47 Å². The molecule has 200 valence electrons. The van der Waals surface area contributed by atoms with Gasteiger partial charge in [0, 0.05) is 0 Å². The number of nitrogens with zero attached hydrogens (tertiary/aromatic N) is 1. The average Bonchev–Trinajstić information content (AvgIpc) is 2.96. The molecule has 0 aliphatic carbocycles. The average molecular weight is 533 g/mol. The van der Waals surface area contributed by atoms with Gasteiger partial charge >= 0.3 is 6.03 Å². The summed E-state index contributed by atoms with van der Waals surface area (Å²) < 4.78 is 11.7. The van der Waals surface area contributed by atoms with Gasteiger partial charge in [0.2, 0.25) is 0 Å². The van der Waals surface area contributed by atoms with Gasteiger partial charge in [-0.25, -0.2) is 9.69 Å². The molecule has 7 nitrogen and oxygen atoms in total. The molecule has 40 heavy (non-hydrogen) atoms. The molecule has 4 amide bonds. The number of benzene rings is 4. The minimum Gasteiger partial charge on any atom is -0.489 e. The first-order valence-corrected chi connectivity index (χ1v) is 12.8. The third-order valence-electron chi connectivity index (χ3n) is 6.61. The Hall–Kier alpha value is -5.17. The number of anilines is 1. The van der Waals surface area contributed by atoms with Crippen LogP contribution in [0.2, 0.25) is 0 Å². The van der Waals surface area contributed by atoms with E-state index in [2.05, 4.69) is 31.3 Å². The summed E-state index contributed by atoms with van der Waals surface area (Å²) in [4.78, 5) is 39.3. The van der Waals surface area contributed by atoms with Crippen molar-refractivity contribution < 1.29 is 23.9 Å². The predicted octanol–water partition coefficient (Wildman–Crippen LogP) is 6.13. The van der Waals surface area contributed by atoms with Crippen molar-refractivity contribution in [1.82, 2.24) is 5.32 Å². The first-order valence-electron chi connectivity index (χ1n) is 12.8. The van der Waals surface area contributed by atoms with Crippen LogP contribution in [0.25, 0.3) is 6.08 Å². The van der Waals surface area contributed by atoms with Crippen LogP contribution in [0.5, 0.6) is 11.5 Å². The lowest BCUT2D eigenvalue weighted by Crippen LogP contribution is -2.54. The van der Waals surface area contributed by atoms with Crippen molar-refractivity contribution >= 4 is 29.6 Å². The predicted molar refractivity (Wildman–Crippen MR) is 153 cm³/mol. The Kier molecular flexibility index (Phi) is 7.73. The Balaban J connectivity index is 1.26. The second-order valence-corrected chi connectivity index (χ2v) is 9.50. The molecule has 1 aliphatic heterocycles.